The Kier molecular flexibility index (Phi) is 3.33. The highest BCUT2D eigenvalue weighted by atomic mass is 16.5. The van der Waals surface area contributed by atoms with Crippen molar-refractivity contribution in [1.29, 1.82) is 0 Å². The van der Waals surface area contributed by atoms with E-state index in [1.165, 1.54) is 44.1 Å². The van der Waals surface area contributed by atoms with Gasteiger partial charge in [0.15, 0.2) is 11.5 Å². The minimum absolute atomic E-state index is 0.223. The summed E-state index contributed by atoms with van der Waals surface area (Å²) in [6.45, 7) is 2.41. The second-order valence-electron chi connectivity index (χ2n) is 6.81. The third-order valence-corrected chi connectivity index (χ3v) is 5.17. The molecule has 0 N–H and O–H groups in total. The van der Waals surface area contributed by atoms with E-state index in [-0.39, 0.29) is 5.41 Å². The molecule has 0 saturated heterocycles. The standard InChI is InChI=1S/C20H22NO/c1-20(13-6-2-3-7-14-20)15-9-8-12-18-19(15)21-16-10-4-5-11-17(16)22-18/h4-5,8-12H,2-3,6-7,13-14H2,1H3. The van der Waals surface area contributed by atoms with Crippen LogP contribution in [-0.4, -0.2) is 0 Å². The SMILES string of the molecule is CC1(c2cccc3c2[N]c2ccccc2O3)CCCCCC1. The van der Waals surface area contributed by atoms with Crippen LogP contribution >= 0.6 is 0 Å². The van der Waals surface area contributed by atoms with E-state index < -0.39 is 0 Å². The molecule has 2 aromatic carbocycles. The van der Waals surface area contributed by atoms with Crippen molar-refractivity contribution in [2.24, 2.45) is 0 Å². The molecular formula is C20H22NO. The third kappa shape index (κ3) is 2.27. The summed E-state index contributed by atoms with van der Waals surface area (Å²) in [5, 5.41) is 4.93. The van der Waals surface area contributed by atoms with Gasteiger partial charge in [0.2, 0.25) is 0 Å². The molecular weight excluding hydrogens is 270 g/mol. The molecule has 1 heterocycles. The Bertz CT molecular complexity index is 684. The van der Waals surface area contributed by atoms with E-state index in [1.807, 2.05) is 30.3 Å². The zero-order valence-corrected chi connectivity index (χ0v) is 13.1. The fraction of sp³-hybridized carbons (Fsp3) is 0.400. The second kappa shape index (κ2) is 5.35. The molecule has 2 heteroatoms. The van der Waals surface area contributed by atoms with E-state index in [1.54, 1.807) is 0 Å². The van der Waals surface area contributed by atoms with E-state index in [9.17, 15) is 0 Å². The maximum Gasteiger partial charge on any atom is 0.153 e. The summed E-state index contributed by atoms with van der Waals surface area (Å²) >= 11 is 0. The molecule has 2 aromatic rings. The van der Waals surface area contributed by atoms with Gasteiger partial charge in [0, 0.05) is 0 Å². The zero-order chi connectivity index (χ0) is 15.0. The molecule has 1 saturated carbocycles. The van der Waals surface area contributed by atoms with E-state index in [4.69, 9.17) is 10.1 Å². The van der Waals surface area contributed by atoms with Crippen LogP contribution in [0.5, 0.6) is 11.5 Å². The Labute approximate surface area is 132 Å². The molecule has 0 aromatic heterocycles. The average Bonchev–Trinajstić information content (AvgIpc) is 2.78. The van der Waals surface area contributed by atoms with Crippen LogP contribution in [0, 0.1) is 0 Å². The highest BCUT2D eigenvalue weighted by Gasteiger charge is 2.33. The molecule has 2 aliphatic rings. The van der Waals surface area contributed by atoms with Crippen molar-refractivity contribution in [2.45, 2.75) is 50.9 Å². The highest BCUT2D eigenvalue weighted by Crippen LogP contribution is 2.49. The molecule has 22 heavy (non-hydrogen) atoms. The first-order valence-electron chi connectivity index (χ1n) is 8.38. The molecule has 2 nitrogen and oxygen atoms in total. The third-order valence-electron chi connectivity index (χ3n) is 5.17. The topological polar surface area (TPSA) is 23.3 Å². The largest absolute Gasteiger partial charge is 0.453 e. The van der Waals surface area contributed by atoms with Crippen LogP contribution in [-0.2, 0) is 5.41 Å². The van der Waals surface area contributed by atoms with Gasteiger partial charge in [-0.3, -0.25) is 0 Å². The number of ether oxygens (including phenoxy) is 1. The molecule has 0 amide bonds. The average molecular weight is 292 g/mol. The van der Waals surface area contributed by atoms with Gasteiger partial charge in [0.25, 0.3) is 0 Å². The van der Waals surface area contributed by atoms with Crippen LogP contribution in [0.2, 0.25) is 0 Å². The van der Waals surface area contributed by atoms with Crippen molar-refractivity contribution in [3.05, 3.63) is 48.0 Å². The van der Waals surface area contributed by atoms with E-state index in [0.29, 0.717) is 0 Å². The minimum Gasteiger partial charge on any atom is -0.453 e. The Morgan fingerprint density at radius 2 is 1.59 bits per heavy atom. The summed E-state index contributed by atoms with van der Waals surface area (Å²) in [4.78, 5) is 0. The molecule has 0 atom stereocenters. The minimum atomic E-state index is 0.223. The summed E-state index contributed by atoms with van der Waals surface area (Å²) in [5.41, 5.74) is 3.58. The van der Waals surface area contributed by atoms with Gasteiger partial charge in [-0.25, -0.2) is 5.32 Å². The molecule has 113 valence electrons. The first-order chi connectivity index (χ1) is 10.8. The van der Waals surface area contributed by atoms with Gasteiger partial charge in [0.1, 0.15) is 11.4 Å². The highest BCUT2D eigenvalue weighted by molar-refractivity contribution is 5.71. The van der Waals surface area contributed by atoms with E-state index in [2.05, 4.69) is 19.1 Å². The summed E-state index contributed by atoms with van der Waals surface area (Å²) in [6.07, 6.45) is 7.86. The zero-order valence-electron chi connectivity index (χ0n) is 13.1. The van der Waals surface area contributed by atoms with Crippen LogP contribution in [0.15, 0.2) is 42.5 Å². The predicted octanol–water partition coefficient (Wildman–Crippen LogP) is 5.97. The molecule has 0 bridgehead atoms. The van der Waals surface area contributed by atoms with Crippen LogP contribution in [0.25, 0.3) is 0 Å². The molecule has 1 aliphatic heterocycles. The fourth-order valence-corrected chi connectivity index (χ4v) is 3.86. The monoisotopic (exact) mass is 292 g/mol. The predicted molar refractivity (Wildman–Crippen MR) is 89.5 cm³/mol. The molecule has 0 unspecified atom stereocenters. The number of rotatable bonds is 1. The van der Waals surface area contributed by atoms with Gasteiger partial charge in [0.05, 0.1) is 0 Å². The van der Waals surface area contributed by atoms with Gasteiger partial charge in [-0.15, -0.1) is 0 Å². The normalized spacial score (nSPS) is 19.1. The van der Waals surface area contributed by atoms with Crippen molar-refractivity contribution in [1.82, 2.24) is 5.32 Å². The quantitative estimate of drug-likeness (QED) is 0.507. The maximum atomic E-state index is 6.09. The Balaban J connectivity index is 1.77. The lowest BCUT2D eigenvalue weighted by atomic mass is 9.75. The summed E-state index contributed by atoms with van der Waals surface area (Å²) in [5.74, 6) is 1.76. The molecule has 1 fully saturated rings. The first-order valence-corrected chi connectivity index (χ1v) is 8.38. The second-order valence-corrected chi connectivity index (χ2v) is 6.81. The Morgan fingerprint density at radius 1 is 0.864 bits per heavy atom. The van der Waals surface area contributed by atoms with E-state index >= 15 is 0 Å². The Morgan fingerprint density at radius 3 is 2.41 bits per heavy atom. The van der Waals surface area contributed by atoms with Gasteiger partial charge in [-0.05, 0) is 42.0 Å². The lowest BCUT2D eigenvalue weighted by Crippen LogP contribution is -2.23. The summed E-state index contributed by atoms with van der Waals surface area (Å²) in [6, 6.07) is 14.5. The van der Waals surface area contributed by atoms with Crippen molar-refractivity contribution in [3.8, 4) is 11.5 Å². The maximum absolute atomic E-state index is 6.09. The van der Waals surface area contributed by atoms with Crippen LogP contribution < -0.4 is 10.1 Å². The molecule has 1 radical (unpaired) electrons. The summed E-state index contributed by atoms with van der Waals surface area (Å²) < 4.78 is 6.09. The van der Waals surface area contributed by atoms with Crippen molar-refractivity contribution in [2.75, 3.05) is 0 Å². The van der Waals surface area contributed by atoms with Crippen LogP contribution in [0.3, 0.4) is 0 Å². The number of hydrogen-bond donors (Lipinski definition) is 0. The summed E-state index contributed by atoms with van der Waals surface area (Å²) in [7, 11) is 0. The van der Waals surface area contributed by atoms with Crippen LogP contribution in [0.1, 0.15) is 51.0 Å². The lowest BCUT2D eigenvalue weighted by molar-refractivity contribution is 0.403. The first kappa shape index (κ1) is 13.7. The molecule has 4 rings (SSSR count). The molecule has 0 spiro atoms. The number of fused-ring (bicyclic) bond motifs is 2. The number of hydrogen-bond acceptors (Lipinski definition) is 1. The van der Waals surface area contributed by atoms with Crippen LogP contribution in [0.4, 0.5) is 11.4 Å². The number of nitrogens with zero attached hydrogens (tertiary/aromatic N) is 1. The Hall–Kier alpha value is -1.96. The smallest absolute Gasteiger partial charge is 0.153 e. The number of benzene rings is 2. The fourth-order valence-electron chi connectivity index (χ4n) is 3.86. The lowest BCUT2D eigenvalue weighted by Gasteiger charge is -2.33. The number of para-hydroxylation sites is 3. The van der Waals surface area contributed by atoms with Gasteiger partial charge in [-0.1, -0.05) is 56.9 Å². The van der Waals surface area contributed by atoms with Gasteiger partial charge in [-0.2, -0.15) is 0 Å². The molecule has 1 aliphatic carbocycles. The van der Waals surface area contributed by atoms with E-state index in [0.717, 1.165) is 22.9 Å². The van der Waals surface area contributed by atoms with Crippen molar-refractivity contribution in [3.63, 3.8) is 0 Å². The van der Waals surface area contributed by atoms with Gasteiger partial charge >= 0.3 is 0 Å². The van der Waals surface area contributed by atoms with Crippen molar-refractivity contribution < 1.29 is 4.74 Å². The van der Waals surface area contributed by atoms with Crippen molar-refractivity contribution >= 4 is 11.4 Å². The van der Waals surface area contributed by atoms with Gasteiger partial charge < -0.3 is 4.74 Å².